The first-order valence-corrected chi connectivity index (χ1v) is 6.67. The minimum Gasteiger partial charge on any atom is -0.340 e. The molecule has 0 aliphatic heterocycles. The highest BCUT2D eigenvalue weighted by Gasteiger charge is 2.10. The fourth-order valence-corrected chi connectivity index (χ4v) is 1.94. The van der Waals surface area contributed by atoms with Crippen LogP contribution in [0.4, 0.5) is 0 Å². The molecular weight excluding hydrogens is 323 g/mol. The minimum absolute atomic E-state index is 0. The van der Waals surface area contributed by atoms with Gasteiger partial charge in [-0.25, -0.2) is 0 Å². The Morgan fingerprint density at radius 1 is 1.27 bits per heavy atom. The Morgan fingerprint density at radius 2 is 1.95 bits per heavy atom. The summed E-state index contributed by atoms with van der Waals surface area (Å²) in [6.07, 6.45) is 3.68. The van der Waals surface area contributed by atoms with Crippen molar-refractivity contribution in [2.45, 2.75) is 6.54 Å². The smallest absolute Gasteiger partial charge is 0.253 e. The number of aromatic nitrogens is 2. The van der Waals surface area contributed by atoms with E-state index in [1.807, 2.05) is 55.3 Å². The van der Waals surface area contributed by atoms with E-state index in [1.54, 1.807) is 11.1 Å². The van der Waals surface area contributed by atoms with Crippen LogP contribution in [0.15, 0.2) is 42.7 Å². The van der Waals surface area contributed by atoms with E-state index < -0.39 is 0 Å². The van der Waals surface area contributed by atoms with Crippen molar-refractivity contribution in [2.24, 2.45) is 0 Å². The molecule has 0 saturated carbocycles. The number of hydrogen-bond acceptors (Lipinski definition) is 3. The van der Waals surface area contributed by atoms with Gasteiger partial charge in [0, 0.05) is 38.1 Å². The zero-order chi connectivity index (χ0) is 14.4. The van der Waals surface area contributed by atoms with Gasteiger partial charge in [0.05, 0.1) is 6.54 Å². The van der Waals surface area contributed by atoms with Crippen LogP contribution in [0.1, 0.15) is 15.9 Å². The van der Waals surface area contributed by atoms with E-state index in [2.05, 4.69) is 10.4 Å². The molecule has 22 heavy (non-hydrogen) atoms. The Bertz CT molecular complexity index is 543. The number of carbonyl (C=O) groups is 1. The molecule has 0 aliphatic rings. The Balaban J connectivity index is 0.00000220. The molecule has 0 bridgehead atoms. The van der Waals surface area contributed by atoms with E-state index in [0.717, 1.165) is 18.7 Å². The predicted molar refractivity (Wildman–Crippen MR) is 93.2 cm³/mol. The van der Waals surface area contributed by atoms with Crippen LogP contribution in [0.5, 0.6) is 0 Å². The average molecular weight is 345 g/mol. The number of carbonyl (C=O) groups excluding carboxylic acids is 1. The maximum atomic E-state index is 12.2. The lowest BCUT2D eigenvalue weighted by atomic mass is 10.1. The first-order valence-electron chi connectivity index (χ1n) is 6.67. The van der Waals surface area contributed by atoms with Crippen molar-refractivity contribution in [3.8, 4) is 0 Å². The first-order chi connectivity index (χ1) is 9.70. The number of hydrogen-bond donors (Lipinski definition) is 1. The summed E-state index contributed by atoms with van der Waals surface area (Å²) in [6, 6.07) is 9.59. The largest absolute Gasteiger partial charge is 0.340 e. The quantitative estimate of drug-likeness (QED) is 0.872. The zero-order valence-corrected chi connectivity index (χ0v) is 14.4. The predicted octanol–water partition coefficient (Wildman–Crippen LogP) is 2.07. The van der Waals surface area contributed by atoms with Crippen molar-refractivity contribution in [2.75, 3.05) is 27.2 Å². The number of amides is 1. The van der Waals surface area contributed by atoms with E-state index >= 15 is 0 Å². The van der Waals surface area contributed by atoms with Gasteiger partial charge in [-0.1, -0.05) is 12.1 Å². The van der Waals surface area contributed by atoms with E-state index in [0.29, 0.717) is 12.1 Å². The molecule has 0 saturated heterocycles. The number of nitrogens with one attached hydrogen (secondary N) is 1. The van der Waals surface area contributed by atoms with Crippen LogP contribution in [-0.2, 0) is 6.54 Å². The summed E-state index contributed by atoms with van der Waals surface area (Å²) in [5.41, 5.74) is 1.84. The van der Waals surface area contributed by atoms with Gasteiger partial charge < -0.3 is 10.2 Å². The lowest BCUT2D eigenvalue weighted by Gasteiger charge is -2.17. The van der Waals surface area contributed by atoms with E-state index in [4.69, 9.17) is 0 Å². The second kappa shape index (κ2) is 10.2. The fourth-order valence-electron chi connectivity index (χ4n) is 1.94. The zero-order valence-electron chi connectivity index (χ0n) is 12.7. The van der Waals surface area contributed by atoms with Gasteiger partial charge >= 0.3 is 0 Å². The van der Waals surface area contributed by atoms with Gasteiger partial charge in [0.25, 0.3) is 5.91 Å². The van der Waals surface area contributed by atoms with Crippen LogP contribution >= 0.6 is 24.8 Å². The molecule has 7 heteroatoms. The number of nitrogens with zero attached hydrogens (tertiary/aromatic N) is 3. The molecule has 1 aromatic carbocycles. The molecule has 1 N–H and O–H groups in total. The number of likely N-dealkylation sites (N-methyl/N-ethyl adjacent to an activating group) is 2. The van der Waals surface area contributed by atoms with Crippen LogP contribution in [0, 0.1) is 0 Å². The summed E-state index contributed by atoms with van der Waals surface area (Å²) in [5.74, 6) is 0.0471. The lowest BCUT2D eigenvalue weighted by molar-refractivity contribution is 0.0797. The molecule has 0 spiro atoms. The van der Waals surface area contributed by atoms with Crippen LogP contribution in [0.3, 0.4) is 0 Å². The SMILES string of the molecule is CNCCN(C)C(=O)c1ccc(Cn2cccn2)cc1.Cl.Cl. The van der Waals surface area contributed by atoms with Gasteiger partial charge in [-0.15, -0.1) is 24.8 Å². The second-order valence-electron chi connectivity index (χ2n) is 4.73. The molecule has 2 aromatic rings. The Hall–Kier alpha value is -1.56. The van der Waals surface area contributed by atoms with Crippen molar-refractivity contribution in [3.63, 3.8) is 0 Å². The van der Waals surface area contributed by atoms with Gasteiger partial charge in [-0.3, -0.25) is 9.48 Å². The highest BCUT2D eigenvalue weighted by atomic mass is 35.5. The Kier molecular flexibility index (Phi) is 9.49. The molecule has 0 unspecified atom stereocenters. The summed E-state index contributed by atoms with van der Waals surface area (Å²) in [4.78, 5) is 13.9. The molecule has 0 atom stereocenters. The van der Waals surface area contributed by atoms with Gasteiger partial charge in [-0.05, 0) is 30.8 Å². The van der Waals surface area contributed by atoms with Crippen molar-refractivity contribution in [1.82, 2.24) is 20.0 Å². The molecule has 1 aromatic heterocycles. The third-order valence-corrected chi connectivity index (χ3v) is 3.15. The van der Waals surface area contributed by atoms with Crippen molar-refractivity contribution in [1.29, 1.82) is 0 Å². The maximum Gasteiger partial charge on any atom is 0.253 e. The maximum absolute atomic E-state index is 12.2. The van der Waals surface area contributed by atoms with Gasteiger partial charge in [0.2, 0.25) is 0 Å². The molecule has 1 amide bonds. The lowest BCUT2D eigenvalue weighted by Crippen LogP contribution is -2.32. The molecule has 5 nitrogen and oxygen atoms in total. The fraction of sp³-hybridized carbons (Fsp3) is 0.333. The number of rotatable bonds is 6. The molecule has 0 radical (unpaired) electrons. The molecule has 2 rings (SSSR count). The molecule has 122 valence electrons. The van der Waals surface area contributed by atoms with Crippen LogP contribution in [0.2, 0.25) is 0 Å². The van der Waals surface area contributed by atoms with Crippen LogP contribution < -0.4 is 5.32 Å². The minimum atomic E-state index is 0. The number of halogens is 2. The molecular formula is C15H22Cl2N4O. The van der Waals surface area contributed by atoms with Crippen molar-refractivity contribution < 1.29 is 4.79 Å². The molecule has 1 heterocycles. The average Bonchev–Trinajstić information content (AvgIpc) is 2.97. The molecule has 0 fully saturated rings. The monoisotopic (exact) mass is 344 g/mol. The standard InChI is InChI=1S/C15H20N4O.2ClH/c1-16-9-11-18(2)15(20)14-6-4-13(5-7-14)12-19-10-3-8-17-19;;/h3-8,10,16H,9,11-12H2,1-2H3;2*1H. The summed E-state index contributed by atoms with van der Waals surface area (Å²) < 4.78 is 1.86. The third-order valence-electron chi connectivity index (χ3n) is 3.15. The first kappa shape index (κ1) is 20.4. The Labute approximate surface area is 143 Å². The second-order valence-corrected chi connectivity index (χ2v) is 4.73. The van der Waals surface area contributed by atoms with E-state index in [1.165, 1.54) is 0 Å². The summed E-state index contributed by atoms with van der Waals surface area (Å²) >= 11 is 0. The van der Waals surface area contributed by atoms with E-state index in [9.17, 15) is 4.79 Å². The van der Waals surface area contributed by atoms with Crippen molar-refractivity contribution in [3.05, 3.63) is 53.9 Å². The summed E-state index contributed by atoms with van der Waals surface area (Å²) in [7, 11) is 3.69. The van der Waals surface area contributed by atoms with Gasteiger partial charge in [-0.2, -0.15) is 5.10 Å². The van der Waals surface area contributed by atoms with Crippen LogP contribution in [-0.4, -0.2) is 47.8 Å². The summed E-state index contributed by atoms with van der Waals surface area (Å²) in [5, 5.41) is 7.20. The Morgan fingerprint density at radius 3 is 2.50 bits per heavy atom. The van der Waals surface area contributed by atoms with E-state index in [-0.39, 0.29) is 30.7 Å². The topological polar surface area (TPSA) is 50.2 Å². The molecule has 0 aliphatic carbocycles. The van der Waals surface area contributed by atoms with Crippen molar-refractivity contribution >= 4 is 30.7 Å². The van der Waals surface area contributed by atoms with Crippen LogP contribution in [0.25, 0.3) is 0 Å². The number of benzene rings is 1. The highest BCUT2D eigenvalue weighted by Crippen LogP contribution is 2.08. The third kappa shape index (κ3) is 5.67. The summed E-state index contributed by atoms with van der Waals surface area (Å²) in [6.45, 7) is 2.21. The van der Waals surface area contributed by atoms with Gasteiger partial charge in [0.1, 0.15) is 0 Å². The van der Waals surface area contributed by atoms with Gasteiger partial charge in [0.15, 0.2) is 0 Å². The normalized spacial score (nSPS) is 9.55. The highest BCUT2D eigenvalue weighted by molar-refractivity contribution is 5.94.